The van der Waals surface area contributed by atoms with E-state index in [9.17, 15) is 4.79 Å². The maximum Gasteiger partial charge on any atom is 0.245 e. The van der Waals surface area contributed by atoms with E-state index >= 15 is 0 Å². The molecule has 0 atom stereocenters. The summed E-state index contributed by atoms with van der Waals surface area (Å²) in [6.45, 7) is 3.83. The number of benzene rings is 1. The van der Waals surface area contributed by atoms with Gasteiger partial charge in [0.25, 0.3) is 0 Å². The number of nitrogens with one attached hydrogen (secondary N) is 1. The van der Waals surface area contributed by atoms with Crippen LogP contribution in [0.4, 0.5) is 0 Å². The largest absolute Gasteiger partial charge is 0.324 e. The summed E-state index contributed by atoms with van der Waals surface area (Å²) in [6, 6.07) is 9.47. The molecular formula is C22H32N4O. The lowest BCUT2D eigenvalue weighted by atomic mass is 9.93. The van der Waals surface area contributed by atoms with Gasteiger partial charge in [0.1, 0.15) is 0 Å². The number of aromatic nitrogens is 2. The van der Waals surface area contributed by atoms with Crippen molar-refractivity contribution in [2.45, 2.75) is 76.8 Å². The van der Waals surface area contributed by atoms with Gasteiger partial charge in [-0.2, -0.15) is 4.99 Å². The molecule has 2 heterocycles. The van der Waals surface area contributed by atoms with Crippen LogP contribution in [-0.4, -0.2) is 39.5 Å². The summed E-state index contributed by atoms with van der Waals surface area (Å²) < 4.78 is 2.27. The summed E-state index contributed by atoms with van der Waals surface area (Å²) in [7, 11) is 0. The van der Waals surface area contributed by atoms with Crippen LogP contribution in [-0.2, 0) is 4.79 Å². The topological polar surface area (TPSA) is 53.4 Å². The van der Waals surface area contributed by atoms with Crippen LogP contribution < -0.4 is 5.62 Å². The molecule has 4 rings (SSSR count). The third-order valence-corrected chi connectivity index (χ3v) is 6.36. The highest BCUT2D eigenvalue weighted by atomic mass is 16.1. The van der Waals surface area contributed by atoms with Crippen LogP contribution in [0.3, 0.4) is 0 Å². The van der Waals surface area contributed by atoms with Gasteiger partial charge in [-0.25, -0.2) is 0 Å². The van der Waals surface area contributed by atoms with Gasteiger partial charge in [-0.1, -0.05) is 44.2 Å². The van der Waals surface area contributed by atoms with Crippen molar-refractivity contribution in [1.82, 2.24) is 14.5 Å². The predicted octanol–water partition coefficient (Wildman–Crippen LogP) is 4.17. The molecule has 2 aromatic rings. The number of likely N-dealkylation sites (tertiary alicyclic amines) is 1. The van der Waals surface area contributed by atoms with Crippen molar-refractivity contribution < 1.29 is 4.79 Å². The molecule has 1 saturated carbocycles. The lowest BCUT2D eigenvalue weighted by Crippen LogP contribution is -2.43. The average Bonchev–Trinajstić information content (AvgIpc) is 2.99. The molecule has 1 aromatic carbocycles. The molecule has 2 aliphatic rings. The number of carbonyl (C=O) groups is 1. The first-order chi connectivity index (χ1) is 13.2. The minimum atomic E-state index is -0.151. The van der Waals surface area contributed by atoms with Gasteiger partial charge in [-0.15, -0.1) is 0 Å². The molecule has 1 aliphatic carbocycles. The van der Waals surface area contributed by atoms with Crippen molar-refractivity contribution in [2.75, 3.05) is 13.1 Å². The Morgan fingerprint density at radius 2 is 1.63 bits per heavy atom. The van der Waals surface area contributed by atoms with Crippen molar-refractivity contribution in [2.24, 2.45) is 4.99 Å². The minimum Gasteiger partial charge on any atom is -0.324 e. The molecule has 1 amide bonds. The first-order valence-corrected chi connectivity index (χ1v) is 10.7. The Morgan fingerprint density at radius 3 is 2.33 bits per heavy atom. The second kappa shape index (κ2) is 8.42. The predicted molar refractivity (Wildman–Crippen MR) is 108 cm³/mol. The maximum absolute atomic E-state index is 11.6. The quantitative estimate of drug-likeness (QED) is 0.865. The lowest BCUT2D eigenvalue weighted by molar-refractivity contribution is -0.116. The van der Waals surface area contributed by atoms with Crippen LogP contribution in [0.25, 0.3) is 11.0 Å². The third-order valence-electron chi connectivity index (χ3n) is 6.36. The fourth-order valence-corrected chi connectivity index (χ4v) is 4.99. The van der Waals surface area contributed by atoms with E-state index in [4.69, 9.17) is 0 Å². The molecular weight excluding hydrogens is 336 g/mol. The van der Waals surface area contributed by atoms with Gasteiger partial charge >= 0.3 is 0 Å². The zero-order valence-corrected chi connectivity index (χ0v) is 16.5. The SMILES string of the molecule is CC(=O)/N=c1\[nH]c2ccccc2n1C1CCN(C2CCCCCCC2)CC1. The van der Waals surface area contributed by atoms with Gasteiger partial charge in [0.05, 0.1) is 11.0 Å². The Kier molecular flexibility index (Phi) is 5.77. The molecule has 5 heteroatoms. The van der Waals surface area contributed by atoms with Gasteiger partial charge in [-0.3, -0.25) is 4.79 Å². The van der Waals surface area contributed by atoms with Crippen molar-refractivity contribution in [1.29, 1.82) is 0 Å². The van der Waals surface area contributed by atoms with Gasteiger partial charge in [-0.05, 0) is 37.8 Å². The molecule has 1 aromatic heterocycles. The number of hydrogen-bond donors (Lipinski definition) is 1. The van der Waals surface area contributed by atoms with Crippen LogP contribution in [0.5, 0.6) is 0 Å². The molecule has 0 bridgehead atoms. The molecule has 1 N–H and O–H groups in total. The van der Waals surface area contributed by atoms with E-state index < -0.39 is 0 Å². The Morgan fingerprint density at radius 1 is 0.963 bits per heavy atom. The number of amides is 1. The summed E-state index contributed by atoms with van der Waals surface area (Å²) in [6.07, 6.45) is 12.0. The minimum absolute atomic E-state index is 0.151. The van der Waals surface area contributed by atoms with Gasteiger partial charge in [0, 0.05) is 32.1 Å². The molecule has 27 heavy (non-hydrogen) atoms. The summed E-state index contributed by atoms with van der Waals surface area (Å²) in [5.74, 6) is -0.151. The zero-order chi connectivity index (χ0) is 18.6. The number of carbonyl (C=O) groups excluding carboxylic acids is 1. The van der Waals surface area contributed by atoms with Crippen LogP contribution in [0.2, 0.25) is 0 Å². The fourth-order valence-electron chi connectivity index (χ4n) is 4.99. The van der Waals surface area contributed by atoms with Crippen LogP contribution >= 0.6 is 0 Å². The summed E-state index contributed by atoms with van der Waals surface area (Å²) in [5.41, 5.74) is 2.91. The highest BCUT2D eigenvalue weighted by Crippen LogP contribution is 2.29. The Balaban J connectivity index is 1.53. The Hall–Kier alpha value is -1.88. The number of rotatable bonds is 2. The maximum atomic E-state index is 11.6. The van der Waals surface area contributed by atoms with E-state index in [2.05, 4.69) is 37.6 Å². The van der Waals surface area contributed by atoms with Crippen LogP contribution in [0.15, 0.2) is 29.3 Å². The van der Waals surface area contributed by atoms with Gasteiger partial charge in [0.15, 0.2) is 0 Å². The van der Waals surface area contributed by atoms with Crippen LogP contribution in [0, 0.1) is 0 Å². The smallest absolute Gasteiger partial charge is 0.245 e. The van der Waals surface area contributed by atoms with Crippen molar-refractivity contribution in [3.05, 3.63) is 29.9 Å². The molecule has 5 nitrogen and oxygen atoms in total. The lowest BCUT2D eigenvalue weighted by Gasteiger charge is -2.39. The highest BCUT2D eigenvalue weighted by molar-refractivity contribution is 5.77. The number of nitrogens with zero attached hydrogens (tertiary/aromatic N) is 3. The molecule has 146 valence electrons. The molecule has 0 radical (unpaired) electrons. The molecule has 0 spiro atoms. The average molecular weight is 369 g/mol. The number of imidazole rings is 1. The summed E-state index contributed by atoms with van der Waals surface area (Å²) in [5, 5.41) is 0. The highest BCUT2D eigenvalue weighted by Gasteiger charge is 2.27. The number of piperidine rings is 1. The number of para-hydroxylation sites is 2. The van der Waals surface area contributed by atoms with E-state index in [1.807, 2.05) is 6.07 Å². The number of fused-ring (bicyclic) bond motifs is 1. The van der Waals surface area contributed by atoms with E-state index in [-0.39, 0.29) is 5.91 Å². The summed E-state index contributed by atoms with van der Waals surface area (Å²) in [4.78, 5) is 22.0. The third kappa shape index (κ3) is 4.18. The Bertz CT molecular complexity index is 833. The van der Waals surface area contributed by atoms with Crippen molar-refractivity contribution in [3.8, 4) is 0 Å². The van der Waals surface area contributed by atoms with E-state index in [1.54, 1.807) is 0 Å². The standard InChI is InChI=1S/C22H32N4O/c1-17(27)23-22-24-20-11-7-8-12-21(20)26(22)19-13-15-25(16-14-19)18-9-5-3-2-4-6-10-18/h7-8,11-12,18-19H,2-6,9-10,13-16H2,1H3,(H,23,24,27). The summed E-state index contributed by atoms with van der Waals surface area (Å²) >= 11 is 0. The number of aromatic amines is 1. The number of hydrogen-bond acceptors (Lipinski definition) is 2. The van der Waals surface area contributed by atoms with E-state index in [0.29, 0.717) is 11.7 Å². The molecule has 1 saturated heterocycles. The van der Waals surface area contributed by atoms with E-state index in [1.165, 1.54) is 51.9 Å². The monoisotopic (exact) mass is 368 g/mol. The first kappa shape index (κ1) is 18.5. The normalized spacial score (nSPS) is 22.0. The zero-order valence-electron chi connectivity index (χ0n) is 16.5. The van der Waals surface area contributed by atoms with E-state index in [0.717, 1.165) is 43.0 Å². The second-order valence-corrected chi connectivity index (χ2v) is 8.23. The van der Waals surface area contributed by atoms with Gasteiger partial charge < -0.3 is 14.5 Å². The van der Waals surface area contributed by atoms with Gasteiger partial charge in [0.2, 0.25) is 11.5 Å². The first-order valence-electron chi connectivity index (χ1n) is 10.7. The second-order valence-electron chi connectivity index (χ2n) is 8.23. The fraction of sp³-hybridized carbons (Fsp3) is 0.636. The molecule has 1 aliphatic heterocycles. The van der Waals surface area contributed by atoms with Crippen LogP contribution in [0.1, 0.15) is 70.8 Å². The molecule has 2 fully saturated rings. The van der Waals surface area contributed by atoms with Crippen molar-refractivity contribution in [3.63, 3.8) is 0 Å². The number of H-pyrrole nitrogens is 1. The van der Waals surface area contributed by atoms with Crippen molar-refractivity contribution >= 4 is 16.9 Å². The molecule has 0 unspecified atom stereocenters. The Labute approximate surface area is 161 Å².